The first-order valence-corrected chi connectivity index (χ1v) is 9.26. The van der Waals surface area contributed by atoms with E-state index in [1.54, 1.807) is 0 Å². The van der Waals surface area contributed by atoms with E-state index in [0.717, 1.165) is 0 Å². The van der Waals surface area contributed by atoms with Crippen LogP contribution in [0.3, 0.4) is 0 Å². The van der Waals surface area contributed by atoms with Crippen LogP contribution in [0.1, 0.15) is 60.1 Å². The summed E-state index contributed by atoms with van der Waals surface area (Å²) in [6.45, 7) is 14.8. The first-order valence-electron chi connectivity index (χ1n) is 7.36. The summed E-state index contributed by atoms with van der Waals surface area (Å²) >= 11 is 0. The molecule has 20 heavy (non-hydrogen) atoms. The summed E-state index contributed by atoms with van der Waals surface area (Å²) in [5.74, 6) is 0. The Morgan fingerprint density at radius 1 is 1.05 bits per heavy atom. The maximum Gasteiger partial charge on any atom is 0.153 e. The predicted octanol–water partition coefficient (Wildman–Crippen LogP) is 5.46. The Balaban J connectivity index is 3.00. The molecular weight excluding hydrogens is 265 g/mol. The molecule has 2 unspecified atom stereocenters. The summed E-state index contributed by atoms with van der Waals surface area (Å²) in [4.78, 5) is 0. The highest BCUT2D eigenvalue weighted by atomic mass is 31.2. The third-order valence-electron chi connectivity index (χ3n) is 3.48. The van der Waals surface area contributed by atoms with Gasteiger partial charge in [0, 0.05) is 17.4 Å². The van der Waals surface area contributed by atoms with E-state index in [2.05, 4.69) is 65.7 Å². The molecule has 0 saturated heterocycles. The molecule has 0 spiro atoms. The van der Waals surface area contributed by atoms with E-state index in [9.17, 15) is 4.57 Å². The average molecular weight is 295 g/mol. The quantitative estimate of drug-likeness (QED) is 0.747. The van der Waals surface area contributed by atoms with E-state index in [-0.39, 0.29) is 16.6 Å². The monoisotopic (exact) mass is 295 g/mol. The number of hydrogen-bond acceptors (Lipinski definition) is 1. The van der Waals surface area contributed by atoms with Crippen molar-refractivity contribution in [2.75, 3.05) is 6.16 Å². The molecule has 0 aliphatic heterocycles. The minimum Gasteiger partial charge on any atom is -0.306 e. The van der Waals surface area contributed by atoms with Crippen molar-refractivity contribution in [3.8, 4) is 0 Å². The zero-order chi connectivity index (χ0) is 15.6. The smallest absolute Gasteiger partial charge is 0.153 e. The van der Waals surface area contributed by atoms with E-state index in [1.807, 2.05) is 18.2 Å². The van der Waals surface area contributed by atoms with Crippen molar-refractivity contribution in [1.82, 2.24) is 5.09 Å². The fourth-order valence-electron chi connectivity index (χ4n) is 2.27. The topological polar surface area (TPSA) is 29.1 Å². The summed E-state index contributed by atoms with van der Waals surface area (Å²) in [6, 6.07) is 10.3. The Hall–Kier alpha value is -0.590. The van der Waals surface area contributed by atoms with Crippen molar-refractivity contribution >= 4 is 7.29 Å². The van der Waals surface area contributed by atoms with Gasteiger partial charge in [-0.25, -0.2) is 0 Å². The van der Waals surface area contributed by atoms with Crippen LogP contribution in [0.25, 0.3) is 0 Å². The van der Waals surface area contributed by atoms with Crippen molar-refractivity contribution in [3.63, 3.8) is 0 Å². The fourth-order valence-corrected chi connectivity index (χ4v) is 5.34. The van der Waals surface area contributed by atoms with Gasteiger partial charge in [0.25, 0.3) is 0 Å². The highest BCUT2D eigenvalue weighted by Crippen LogP contribution is 2.58. The van der Waals surface area contributed by atoms with Gasteiger partial charge >= 0.3 is 0 Å². The fraction of sp³-hybridized carbons (Fsp3) is 0.647. The molecule has 0 aliphatic rings. The van der Waals surface area contributed by atoms with Gasteiger partial charge in [-0.05, 0) is 17.9 Å². The minimum atomic E-state index is -2.50. The summed E-state index contributed by atoms with van der Waals surface area (Å²) in [5.41, 5.74) is 1.23. The summed E-state index contributed by atoms with van der Waals surface area (Å²) in [6.07, 6.45) is 0.709. The molecule has 1 rings (SSSR count). The lowest BCUT2D eigenvalue weighted by molar-refractivity contribution is 0.442. The van der Waals surface area contributed by atoms with Crippen LogP contribution in [-0.4, -0.2) is 11.3 Å². The lowest BCUT2D eigenvalue weighted by Gasteiger charge is -2.38. The van der Waals surface area contributed by atoms with Gasteiger partial charge in [0.1, 0.15) is 0 Å². The molecule has 0 aliphatic carbocycles. The number of benzene rings is 1. The SMILES string of the molecule is CC(NP(=O)(CC(C)(C)C)C(C)(C)C)c1ccccc1. The lowest BCUT2D eigenvalue weighted by Crippen LogP contribution is -2.33. The number of nitrogens with one attached hydrogen (secondary N) is 1. The van der Waals surface area contributed by atoms with E-state index in [0.29, 0.717) is 6.16 Å². The third-order valence-corrected chi connectivity index (χ3v) is 7.85. The van der Waals surface area contributed by atoms with Crippen molar-refractivity contribution in [2.24, 2.45) is 5.41 Å². The Morgan fingerprint density at radius 3 is 1.95 bits per heavy atom. The highest BCUT2D eigenvalue weighted by Gasteiger charge is 2.40. The van der Waals surface area contributed by atoms with Gasteiger partial charge in [0.05, 0.1) is 0 Å². The zero-order valence-electron chi connectivity index (χ0n) is 14.0. The Labute approximate surface area is 124 Å². The largest absolute Gasteiger partial charge is 0.306 e. The van der Waals surface area contributed by atoms with Crippen LogP contribution in [0, 0.1) is 5.41 Å². The van der Waals surface area contributed by atoms with Gasteiger partial charge < -0.3 is 4.57 Å². The third kappa shape index (κ3) is 4.75. The van der Waals surface area contributed by atoms with Gasteiger partial charge in [0.15, 0.2) is 7.29 Å². The molecule has 0 heterocycles. The van der Waals surface area contributed by atoms with E-state index < -0.39 is 7.29 Å². The van der Waals surface area contributed by atoms with Crippen molar-refractivity contribution in [2.45, 2.75) is 59.7 Å². The minimum absolute atomic E-state index is 0.0478. The van der Waals surface area contributed by atoms with Crippen LogP contribution < -0.4 is 5.09 Å². The Morgan fingerprint density at radius 2 is 1.55 bits per heavy atom. The molecule has 0 bridgehead atoms. The van der Waals surface area contributed by atoms with Gasteiger partial charge in [-0.3, -0.25) is 5.09 Å². The van der Waals surface area contributed by atoms with Gasteiger partial charge in [0.2, 0.25) is 0 Å². The van der Waals surface area contributed by atoms with Gasteiger partial charge in [-0.1, -0.05) is 71.9 Å². The normalized spacial score (nSPS) is 17.6. The van der Waals surface area contributed by atoms with Crippen molar-refractivity contribution in [1.29, 1.82) is 0 Å². The van der Waals surface area contributed by atoms with Crippen LogP contribution in [0.15, 0.2) is 30.3 Å². The standard InChI is InChI=1S/C17H30NOP/c1-14(15-11-9-8-10-12-15)18-20(19,17(5,6)7)13-16(2,3)4/h8-12,14H,13H2,1-7H3,(H,18,19). The molecule has 1 aromatic rings. The molecule has 0 saturated carbocycles. The van der Waals surface area contributed by atoms with E-state index in [4.69, 9.17) is 0 Å². The second-order valence-corrected chi connectivity index (χ2v) is 11.3. The highest BCUT2D eigenvalue weighted by molar-refractivity contribution is 7.63. The first-order chi connectivity index (χ1) is 8.95. The average Bonchev–Trinajstić information content (AvgIpc) is 2.26. The van der Waals surface area contributed by atoms with E-state index >= 15 is 0 Å². The molecule has 1 aromatic carbocycles. The second-order valence-electron chi connectivity index (χ2n) is 7.89. The maximum atomic E-state index is 13.5. The maximum absolute atomic E-state index is 13.5. The molecule has 0 fully saturated rings. The zero-order valence-corrected chi connectivity index (χ0v) is 14.9. The molecule has 114 valence electrons. The first kappa shape index (κ1) is 17.5. The lowest BCUT2D eigenvalue weighted by atomic mass is 10.0. The van der Waals surface area contributed by atoms with Gasteiger partial charge in [-0.15, -0.1) is 0 Å². The molecular formula is C17H30NOP. The molecule has 3 heteroatoms. The summed E-state index contributed by atoms with van der Waals surface area (Å²) in [7, 11) is -2.50. The summed E-state index contributed by atoms with van der Waals surface area (Å²) < 4.78 is 13.5. The van der Waals surface area contributed by atoms with Crippen molar-refractivity contribution < 1.29 is 4.57 Å². The van der Waals surface area contributed by atoms with Gasteiger partial charge in [-0.2, -0.15) is 0 Å². The molecule has 0 amide bonds. The van der Waals surface area contributed by atoms with Crippen LogP contribution in [0.4, 0.5) is 0 Å². The molecule has 2 atom stereocenters. The Kier molecular flexibility index (Phi) is 5.27. The van der Waals surface area contributed by atoms with Crippen LogP contribution >= 0.6 is 7.29 Å². The van der Waals surface area contributed by atoms with Crippen molar-refractivity contribution in [3.05, 3.63) is 35.9 Å². The summed E-state index contributed by atoms with van der Waals surface area (Å²) in [5, 5.41) is 3.23. The molecule has 0 aromatic heterocycles. The van der Waals surface area contributed by atoms with Crippen LogP contribution in [-0.2, 0) is 4.57 Å². The van der Waals surface area contributed by atoms with E-state index in [1.165, 1.54) is 5.56 Å². The Bertz CT molecular complexity index is 468. The number of rotatable bonds is 4. The molecule has 0 radical (unpaired) electrons. The van der Waals surface area contributed by atoms with Crippen LogP contribution in [0.5, 0.6) is 0 Å². The number of hydrogen-bond donors (Lipinski definition) is 1. The molecule has 1 N–H and O–H groups in total. The second kappa shape index (κ2) is 6.03. The predicted molar refractivity (Wildman–Crippen MR) is 89.7 cm³/mol. The van der Waals surface area contributed by atoms with Crippen LogP contribution in [0.2, 0.25) is 0 Å². The molecule has 2 nitrogen and oxygen atoms in total.